The summed E-state index contributed by atoms with van der Waals surface area (Å²) < 4.78 is 0. The van der Waals surface area contributed by atoms with Crippen LogP contribution in [0.15, 0.2) is 36.7 Å². The number of nitrogens with zero attached hydrogens (tertiary/aromatic N) is 2. The smallest absolute Gasteiger partial charge is 0.270 e. The highest BCUT2D eigenvalue weighted by Crippen LogP contribution is 2.12. The molecule has 5 heteroatoms. The van der Waals surface area contributed by atoms with Gasteiger partial charge in [0.15, 0.2) is 0 Å². The van der Waals surface area contributed by atoms with Crippen LogP contribution in [0.2, 0.25) is 0 Å². The van der Waals surface area contributed by atoms with Gasteiger partial charge in [-0.25, -0.2) is 9.97 Å². The van der Waals surface area contributed by atoms with Crippen molar-refractivity contribution in [3.05, 3.63) is 53.5 Å². The SMILES string of the molecule is Cc1ccccc1CNC(=O)c1cc(NC(C)(C)C)ncn1. The van der Waals surface area contributed by atoms with Crippen molar-refractivity contribution in [2.45, 2.75) is 39.8 Å². The molecule has 0 unspecified atom stereocenters. The van der Waals surface area contributed by atoms with Crippen LogP contribution in [0, 0.1) is 6.92 Å². The number of anilines is 1. The number of aryl methyl sites for hydroxylation is 1. The second-order valence-electron chi connectivity index (χ2n) is 6.27. The molecule has 1 heterocycles. The summed E-state index contributed by atoms with van der Waals surface area (Å²) in [5.41, 5.74) is 2.48. The van der Waals surface area contributed by atoms with Crippen molar-refractivity contribution < 1.29 is 4.79 Å². The minimum absolute atomic E-state index is 0.122. The fourth-order valence-electron chi connectivity index (χ4n) is 2.01. The van der Waals surface area contributed by atoms with Gasteiger partial charge in [-0.3, -0.25) is 4.79 Å². The standard InChI is InChI=1S/C17H22N4O/c1-12-7-5-6-8-13(12)10-18-16(22)14-9-15(20-11-19-14)21-17(2,3)4/h5-9,11H,10H2,1-4H3,(H,18,22)(H,19,20,21). The molecular formula is C17H22N4O. The summed E-state index contributed by atoms with van der Waals surface area (Å²) >= 11 is 0. The van der Waals surface area contributed by atoms with E-state index < -0.39 is 0 Å². The average molecular weight is 298 g/mol. The van der Waals surface area contributed by atoms with Gasteiger partial charge in [0.2, 0.25) is 0 Å². The van der Waals surface area contributed by atoms with Gasteiger partial charge in [0.1, 0.15) is 17.8 Å². The Labute approximate surface area is 131 Å². The molecule has 0 radical (unpaired) electrons. The molecule has 0 aliphatic heterocycles. The molecule has 2 aromatic rings. The van der Waals surface area contributed by atoms with E-state index in [0.29, 0.717) is 18.1 Å². The lowest BCUT2D eigenvalue weighted by molar-refractivity contribution is 0.0945. The molecule has 0 saturated heterocycles. The molecule has 0 bridgehead atoms. The Hall–Kier alpha value is -2.43. The summed E-state index contributed by atoms with van der Waals surface area (Å²) in [6.45, 7) is 8.61. The van der Waals surface area contributed by atoms with Crippen LogP contribution in [0.4, 0.5) is 5.82 Å². The molecule has 0 atom stereocenters. The molecule has 2 rings (SSSR count). The number of hydrogen-bond acceptors (Lipinski definition) is 4. The first-order valence-electron chi connectivity index (χ1n) is 7.28. The van der Waals surface area contributed by atoms with Gasteiger partial charge in [0.25, 0.3) is 5.91 Å². The molecule has 1 amide bonds. The number of hydrogen-bond donors (Lipinski definition) is 2. The van der Waals surface area contributed by atoms with Gasteiger partial charge in [0, 0.05) is 18.2 Å². The first-order valence-corrected chi connectivity index (χ1v) is 7.28. The number of rotatable bonds is 4. The van der Waals surface area contributed by atoms with Crippen LogP contribution in [0.5, 0.6) is 0 Å². The van der Waals surface area contributed by atoms with Crippen molar-refractivity contribution in [1.29, 1.82) is 0 Å². The molecular weight excluding hydrogens is 276 g/mol. The van der Waals surface area contributed by atoms with E-state index in [0.717, 1.165) is 11.1 Å². The molecule has 1 aromatic heterocycles. The lowest BCUT2D eigenvalue weighted by Gasteiger charge is -2.21. The van der Waals surface area contributed by atoms with E-state index in [1.807, 2.05) is 52.0 Å². The van der Waals surface area contributed by atoms with E-state index >= 15 is 0 Å². The van der Waals surface area contributed by atoms with Crippen molar-refractivity contribution in [2.75, 3.05) is 5.32 Å². The Morgan fingerprint density at radius 2 is 1.91 bits per heavy atom. The molecule has 0 aliphatic carbocycles. The third-order valence-electron chi connectivity index (χ3n) is 3.10. The zero-order chi connectivity index (χ0) is 16.2. The van der Waals surface area contributed by atoms with E-state index in [2.05, 4.69) is 20.6 Å². The average Bonchev–Trinajstić information content (AvgIpc) is 2.44. The van der Waals surface area contributed by atoms with Crippen LogP contribution in [0.1, 0.15) is 42.4 Å². The van der Waals surface area contributed by atoms with Crippen LogP contribution in [-0.4, -0.2) is 21.4 Å². The molecule has 0 saturated carbocycles. The highest BCUT2D eigenvalue weighted by molar-refractivity contribution is 5.92. The Bertz CT molecular complexity index is 662. The summed E-state index contributed by atoms with van der Waals surface area (Å²) in [6, 6.07) is 9.64. The number of aromatic nitrogens is 2. The lowest BCUT2D eigenvalue weighted by atomic mass is 10.1. The maximum absolute atomic E-state index is 12.2. The van der Waals surface area contributed by atoms with Gasteiger partial charge in [-0.1, -0.05) is 24.3 Å². The minimum Gasteiger partial charge on any atom is -0.365 e. The summed E-state index contributed by atoms with van der Waals surface area (Å²) in [7, 11) is 0. The number of nitrogens with one attached hydrogen (secondary N) is 2. The Morgan fingerprint density at radius 1 is 1.18 bits per heavy atom. The fourth-order valence-corrected chi connectivity index (χ4v) is 2.01. The third-order valence-corrected chi connectivity index (χ3v) is 3.10. The van der Waals surface area contributed by atoms with E-state index in [1.54, 1.807) is 6.07 Å². The van der Waals surface area contributed by atoms with Crippen molar-refractivity contribution in [1.82, 2.24) is 15.3 Å². The molecule has 2 N–H and O–H groups in total. The largest absolute Gasteiger partial charge is 0.365 e. The van der Waals surface area contributed by atoms with Crippen molar-refractivity contribution in [3.63, 3.8) is 0 Å². The quantitative estimate of drug-likeness (QED) is 0.910. The van der Waals surface area contributed by atoms with Crippen LogP contribution < -0.4 is 10.6 Å². The minimum atomic E-state index is -0.206. The van der Waals surface area contributed by atoms with E-state index in [9.17, 15) is 4.79 Å². The lowest BCUT2D eigenvalue weighted by Crippen LogP contribution is -2.28. The van der Waals surface area contributed by atoms with Crippen molar-refractivity contribution >= 4 is 11.7 Å². The summed E-state index contributed by atoms with van der Waals surface area (Å²) in [6.07, 6.45) is 1.40. The predicted octanol–water partition coefficient (Wildman–Crippen LogP) is 2.93. The van der Waals surface area contributed by atoms with Gasteiger partial charge in [-0.05, 0) is 38.8 Å². The van der Waals surface area contributed by atoms with E-state index in [-0.39, 0.29) is 11.4 Å². The first kappa shape index (κ1) is 15.9. The van der Waals surface area contributed by atoms with Gasteiger partial charge in [-0.2, -0.15) is 0 Å². The normalized spacial score (nSPS) is 11.1. The highest BCUT2D eigenvalue weighted by atomic mass is 16.1. The maximum atomic E-state index is 12.2. The van der Waals surface area contributed by atoms with E-state index in [4.69, 9.17) is 0 Å². The topological polar surface area (TPSA) is 66.9 Å². The summed E-state index contributed by atoms with van der Waals surface area (Å²) in [5, 5.41) is 6.12. The van der Waals surface area contributed by atoms with Crippen molar-refractivity contribution in [2.24, 2.45) is 0 Å². The first-order chi connectivity index (χ1) is 10.3. The zero-order valence-electron chi connectivity index (χ0n) is 13.5. The molecule has 1 aromatic carbocycles. The Balaban J connectivity index is 2.04. The summed E-state index contributed by atoms with van der Waals surface area (Å²) in [4.78, 5) is 20.4. The molecule has 5 nitrogen and oxygen atoms in total. The van der Waals surface area contributed by atoms with Crippen molar-refractivity contribution in [3.8, 4) is 0 Å². The number of carbonyl (C=O) groups excluding carboxylic acids is 1. The second-order valence-corrected chi connectivity index (χ2v) is 6.27. The van der Waals surface area contributed by atoms with Crippen LogP contribution >= 0.6 is 0 Å². The van der Waals surface area contributed by atoms with Gasteiger partial charge >= 0.3 is 0 Å². The molecule has 0 spiro atoms. The third kappa shape index (κ3) is 4.55. The molecule has 0 fully saturated rings. The van der Waals surface area contributed by atoms with Crippen LogP contribution in [0.3, 0.4) is 0 Å². The van der Waals surface area contributed by atoms with E-state index in [1.165, 1.54) is 6.33 Å². The predicted molar refractivity (Wildman–Crippen MR) is 87.8 cm³/mol. The fraction of sp³-hybridized carbons (Fsp3) is 0.353. The monoisotopic (exact) mass is 298 g/mol. The molecule has 116 valence electrons. The number of amides is 1. The summed E-state index contributed by atoms with van der Waals surface area (Å²) in [5.74, 6) is 0.436. The number of carbonyl (C=O) groups is 1. The highest BCUT2D eigenvalue weighted by Gasteiger charge is 2.13. The zero-order valence-corrected chi connectivity index (χ0v) is 13.5. The van der Waals surface area contributed by atoms with Gasteiger partial charge < -0.3 is 10.6 Å². The van der Waals surface area contributed by atoms with Gasteiger partial charge in [0.05, 0.1) is 0 Å². The number of benzene rings is 1. The Kier molecular flexibility index (Phi) is 4.75. The molecule has 0 aliphatic rings. The second kappa shape index (κ2) is 6.56. The van der Waals surface area contributed by atoms with Crippen LogP contribution in [-0.2, 0) is 6.54 Å². The maximum Gasteiger partial charge on any atom is 0.270 e. The van der Waals surface area contributed by atoms with Gasteiger partial charge in [-0.15, -0.1) is 0 Å². The van der Waals surface area contributed by atoms with Crippen LogP contribution in [0.25, 0.3) is 0 Å². The molecule has 22 heavy (non-hydrogen) atoms. The Morgan fingerprint density at radius 3 is 2.59 bits per heavy atom.